The summed E-state index contributed by atoms with van der Waals surface area (Å²) >= 11 is 3.42. The summed E-state index contributed by atoms with van der Waals surface area (Å²) in [5, 5.41) is 3.13. The second-order valence-corrected chi connectivity index (χ2v) is 4.48. The van der Waals surface area contributed by atoms with E-state index in [-0.39, 0.29) is 0 Å². The first-order chi connectivity index (χ1) is 8.79. The maximum Gasteiger partial charge on any atom is 0.233 e. The third-order valence-electron chi connectivity index (χ3n) is 2.21. The Kier molecular flexibility index (Phi) is 7.68. The molecular weight excluding hydrogens is 298 g/mol. The Hall–Kier alpha value is -0.880. The van der Waals surface area contributed by atoms with E-state index in [1.807, 2.05) is 6.92 Å². The van der Waals surface area contributed by atoms with E-state index in [2.05, 4.69) is 38.1 Å². The minimum atomic E-state index is 0.491. The van der Waals surface area contributed by atoms with E-state index < -0.39 is 0 Å². The number of nitrogens with one attached hydrogen (secondary N) is 1. The maximum atomic E-state index is 5.54. The molecule has 0 bridgehead atoms. The van der Waals surface area contributed by atoms with Crippen LogP contribution in [-0.4, -0.2) is 36.3 Å². The lowest BCUT2D eigenvalue weighted by Gasteiger charge is -2.10. The molecule has 1 N–H and O–H groups in total. The first-order valence-electron chi connectivity index (χ1n) is 6.24. The van der Waals surface area contributed by atoms with E-state index in [4.69, 9.17) is 9.47 Å². The van der Waals surface area contributed by atoms with Crippen LogP contribution in [0.5, 0.6) is 5.88 Å². The van der Waals surface area contributed by atoms with Crippen LogP contribution in [0.4, 0.5) is 5.82 Å². The first kappa shape index (κ1) is 15.2. The fourth-order valence-electron chi connectivity index (χ4n) is 1.29. The van der Waals surface area contributed by atoms with Crippen LogP contribution >= 0.6 is 15.9 Å². The number of hydrogen-bond acceptors (Lipinski definition) is 5. The zero-order chi connectivity index (χ0) is 13.2. The van der Waals surface area contributed by atoms with Gasteiger partial charge in [0, 0.05) is 13.2 Å². The second kappa shape index (κ2) is 9.10. The van der Waals surface area contributed by atoms with Crippen molar-refractivity contribution in [3.63, 3.8) is 0 Å². The summed E-state index contributed by atoms with van der Waals surface area (Å²) in [6, 6.07) is 0. The van der Waals surface area contributed by atoms with Gasteiger partial charge in [-0.05, 0) is 29.3 Å². The standard InChI is InChI=1S/C12H20BrN3O2/c1-3-5-6-17-7-8-18-12-10(13)11(14-4-2)15-9-16-12/h9H,3-8H2,1-2H3,(H,14,15,16). The molecule has 0 aliphatic heterocycles. The highest BCUT2D eigenvalue weighted by molar-refractivity contribution is 9.10. The third-order valence-corrected chi connectivity index (χ3v) is 2.93. The average Bonchev–Trinajstić information content (AvgIpc) is 2.38. The molecule has 0 spiro atoms. The monoisotopic (exact) mass is 317 g/mol. The summed E-state index contributed by atoms with van der Waals surface area (Å²) < 4.78 is 11.7. The van der Waals surface area contributed by atoms with Crippen LogP contribution in [0.2, 0.25) is 0 Å². The Balaban J connectivity index is 2.35. The third kappa shape index (κ3) is 5.18. The van der Waals surface area contributed by atoms with Gasteiger partial charge in [-0.1, -0.05) is 13.3 Å². The Morgan fingerprint density at radius 3 is 2.78 bits per heavy atom. The van der Waals surface area contributed by atoms with Crippen molar-refractivity contribution in [2.24, 2.45) is 0 Å². The smallest absolute Gasteiger partial charge is 0.233 e. The Labute approximate surface area is 116 Å². The molecule has 0 amide bonds. The van der Waals surface area contributed by atoms with Gasteiger partial charge in [0.25, 0.3) is 0 Å². The molecule has 1 aromatic rings. The van der Waals surface area contributed by atoms with Crippen molar-refractivity contribution >= 4 is 21.7 Å². The molecule has 0 radical (unpaired) electrons. The molecule has 5 nitrogen and oxygen atoms in total. The molecule has 0 aromatic carbocycles. The van der Waals surface area contributed by atoms with Gasteiger partial charge in [0.1, 0.15) is 23.2 Å². The largest absolute Gasteiger partial charge is 0.474 e. The molecule has 0 fully saturated rings. The van der Waals surface area contributed by atoms with Crippen molar-refractivity contribution < 1.29 is 9.47 Å². The Morgan fingerprint density at radius 1 is 1.22 bits per heavy atom. The highest BCUT2D eigenvalue weighted by Gasteiger charge is 2.08. The molecule has 0 unspecified atom stereocenters. The molecule has 18 heavy (non-hydrogen) atoms. The van der Waals surface area contributed by atoms with Gasteiger partial charge >= 0.3 is 0 Å². The highest BCUT2D eigenvalue weighted by Crippen LogP contribution is 2.27. The average molecular weight is 318 g/mol. The Morgan fingerprint density at radius 2 is 2.06 bits per heavy atom. The quantitative estimate of drug-likeness (QED) is 0.710. The van der Waals surface area contributed by atoms with Crippen LogP contribution < -0.4 is 10.1 Å². The molecule has 102 valence electrons. The summed E-state index contributed by atoms with van der Waals surface area (Å²) in [7, 11) is 0. The van der Waals surface area contributed by atoms with Crippen molar-refractivity contribution in [3.8, 4) is 5.88 Å². The highest BCUT2D eigenvalue weighted by atomic mass is 79.9. The van der Waals surface area contributed by atoms with Crippen LogP contribution in [0.3, 0.4) is 0 Å². The summed E-state index contributed by atoms with van der Waals surface area (Å²) in [6.45, 7) is 6.80. The zero-order valence-electron chi connectivity index (χ0n) is 10.9. The molecule has 1 rings (SSSR count). The van der Waals surface area contributed by atoms with E-state index in [0.717, 1.165) is 36.3 Å². The number of nitrogens with zero attached hydrogens (tertiary/aromatic N) is 2. The van der Waals surface area contributed by atoms with E-state index in [1.165, 1.54) is 6.33 Å². The number of anilines is 1. The predicted molar refractivity (Wildman–Crippen MR) is 75.1 cm³/mol. The fraction of sp³-hybridized carbons (Fsp3) is 0.667. The van der Waals surface area contributed by atoms with Gasteiger partial charge in [0.05, 0.1) is 6.61 Å². The molecule has 0 aliphatic rings. The maximum absolute atomic E-state index is 5.54. The van der Waals surface area contributed by atoms with Crippen LogP contribution in [0.1, 0.15) is 26.7 Å². The summed E-state index contributed by atoms with van der Waals surface area (Å²) in [4.78, 5) is 8.20. The van der Waals surface area contributed by atoms with E-state index in [0.29, 0.717) is 19.1 Å². The summed E-state index contributed by atoms with van der Waals surface area (Å²) in [6.07, 6.45) is 3.71. The summed E-state index contributed by atoms with van der Waals surface area (Å²) in [5.74, 6) is 1.29. The first-order valence-corrected chi connectivity index (χ1v) is 7.03. The number of unbranched alkanes of at least 4 members (excludes halogenated alkanes) is 1. The van der Waals surface area contributed by atoms with Gasteiger partial charge in [-0.15, -0.1) is 0 Å². The van der Waals surface area contributed by atoms with E-state index in [9.17, 15) is 0 Å². The topological polar surface area (TPSA) is 56.3 Å². The van der Waals surface area contributed by atoms with Gasteiger partial charge in [0.15, 0.2) is 0 Å². The normalized spacial score (nSPS) is 10.4. The fourth-order valence-corrected chi connectivity index (χ4v) is 1.75. The minimum Gasteiger partial charge on any atom is -0.474 e. The predicted octanol–water partition coefficient (Wildman–Crippen LogP) is 2.87. The van der Waals surface area contributed by atoms with E-state index >= 15 is 0 Å². The molecule has 1 aromatic heterocycles. The van der Waals surface area contributed by atoms with Crippen molar-refractivity contribution in [2.75, 3.05) is 31.7 Å². The van der Waals surface area contributed by atoms with Crippen molar-refractivity contribution in [1.29, 1.82) is 0 Å². The van der Waals surface area contributed by atoms with Gasteiger partial charge in [-0.2, -0.15) is 0 Å². The molecular formula is C12H20BrN3O2. The van der Waals surface area contributed by atoms with Crippen LogP contribution in [0, 0.1) is 0 Å². The molecule has 6 heteroatoms. The lowest BCUT2D eigenvalue weighted by molar-refractivity contribution is 0.0962. The molecule has 0 saturated carbocycles. The van der Waals surface area contributed by atoms with Gasteiger partial charge in [0.2, 0.25) is 5.88 Å². The summed E-state index contributed by atoms with van der Waals surface area (Å²) in [5.41, 5.74) is 0. The number of hydrogen-bond donors (Lipinski definition) is 1. The number of halogens is 1. The SMILES string of the molecule is CCCCOCCOc1ncnc(NCC)c1Br. The molecule has 0 aliphatic carbocycles. The lowest BCUT2D eigenvalue weighted by Crippen LogP contribution is -2.09. The number of ether oxygens (including phenoxy) is 2. The van der Waals surface area contributed by atoms with Gasteiger partial charge < -0.3 is 14.8 Å². The molecule has 0 atom stereocenters. The second-order valence-electron chi connectivity index (χ2n) is 3.69. The van der Waals surface area contributed by atoms with Crippen LogP contribution in [-0.2, 0) is 4.74 Å². The van der Waals surface area contributed by atoms with Gasteiger partial charge in [-0.25, -0.2) is 9.97 Å². The molecule has 1 heterocycles. The van der Waals surface area contributed by atoms with Crippen LogP contribution in [0.25, 0.3) is 0 Å². The van der Waals surface area contributed by atoms with E-state index in [1.54, 1.807) is 0 Å². The zero-order valence-corrected chi connectivity index (χ0v) is 12.5. The van der Waals surface area contributed by atoms with Crippen molar-refractivity contribution in [2.45, 2.75) is 26.7 Å². The van der Waals surface area contributed by atoms with Crippen molar-refractivity contribution in [3.05, 3.63) is 10.8 Å². The van der Waals surface area contributed by atoms with Crippen LogP contribution in [0.15, 0.2) is 10.8 Å². The number of aromatic nitrogens is 2. The number of rotatable bonds is 9. The van der Waals surface area contributed by atoms with Crippen molar-refractivity contribution in [1.82, 2.24) is 9.97 Å². The van der Waals surface area contributed by atoms with Gasteiger partial charge in [-0.3, -0.25) is 0 Å². The Bertz CT molecular complexity index is 350. The minimum absolute atomic E-state index is 0.491. The molecule has 0 saturated heterocycles. The lowest BCUT2D eigenvalue weighted by atomic mass is 10.4.